The van der Waals surface area contributed by atoms with E-state index < -0.39 is 11.7 Å². The maximum Gasteiger partial charge on any atom is 0.416 e. The third kappa shape index (κ3) is 2.69. The van der Waals surface area contributed by atoms with Crippen molar-refractivity contribution in [1.82, 2.24) is 9.55 Å². The zero-order chi connectivity index (χ0) is 20.2. The number of pyridine rings is 1. The van der Waals surface area contributed by atoms with Crippen molar-refractivity contribution in [3.63, 3.8) is 0 Å². The summed E-state index contributed by atoms with van der Waals surface area (Å²) in [7, 11) is 0. The van der Waals surface area contributed by atoms with Crippen molar-refractivity contribution >= 4 is 16.8 Å². The van der Waals surface area contributed by atoms with Crippen molar-refractivity contribution in [1.29, 1.82) is 0 Å². The maximum absolute atomic E-state index is 13.3. The van der Waals surface area contributed by atoms with E-state index in [1.165, 1.54) is 22.8 Å². The molecule has 0 unspecified atom stereocenters. The van der Waals surface area contributed by atoms with Crippen molar-refractivity contribution in [3.05, 3.63) is 83.6 Å². The third-order valence-electron chi connectivity index (χ3n) is 4.96. The Morgan fingerprint density at radius 2 is 1.72 bits per heavy atom. The number of nitrogens with zero attached hydrogens (tertiary/aromatic N) is 2. The van der Waals surface area contributed by atoms with Crippen LogP contribution in [0.5, 0.6) is 5.75 Å². The quantitative estimate of drug-likeness (QED) is 0.417. The van der Waals surface area contributed by atoms with E-state index >= 15 is 0 Å². The summed E-state index contributed by atoms with van der Waals surface area (Å²) < 4.78 is 47.3. The highest BCUT2D eigenvalue weighted by Gasteiger charge is 2.35. The number of hydrogen-bond acceptors (Lipinski definition) is 3. The number of alkyl halides is 3. The van der Waals surface area contributed by atoms with E-state index in [1.54, 1.807) is 42.6 Å². The smallest absolute Gasteiger partial charge is 0.416 e. The van der Waals surface area contributed by atoms with Gasteiger partial charge >= 0.3 is 6.18 Å². The third-order valence-corrected chi connectivity index (χ3v) is 4.96. The van der Waals surface area contributed by atoms with E-state index in [2.05, 4.69) is 4.98 Å². The van der Waals surface area contributed by atoms with E-state index in [0.29, 0.717) is 22.3 Å². The predicted molar refractivity (Wildman–Crippen MR) is 101 cm³/mol. The minimum atomic E-state index is -4.49. The SMILES string of the molecule is O=C1c2c(nc3ccccc3c2OCc2ccccc2C(F)(F)F)-c2cccn21. The molecule has 0 atom stereocenters. The monoisotopic (exact) mass is 394 g/mol. The Balaban J connectivity index is 1.64. The number of ether oxygens (including phenoxy) is 1. The van der Waals surface area contributed by atoms with Gasteiger partial charge in [0.05, 0.1) is 16.8 Å². The summed E-state index contributed by atoms with van der Waals surface area (Å²) in [5.41, 5.74) is 1.22. The molecule has 2 aromatic heterocycles. The van der Waals surface area contributed by atoms with Crippen molar-refractivity contribution in [3.8, 4) is 17.1 Å². The second-order valence-electron chi connectivity index (χ2n) is 6.69. The van der Waals surface area contributed by atoms with Crippen LogP contribution in [-0.4, -0.2) is 15.5 Å². The second-order valence-corrected chi connectivity index (χ2v) is 6.69. The Kier molecular flexibility index (Phi) is 3.74. The van der Waals surface area contributed by atoms with Crippen molar-refractivity contribution in [2.45, 2.75) is 12.8 Å². The first-order chi connectivity index (χ1) is 13.9. The van der Waals surface area contributed by atoms with E-state index in [9.17, 15) is 18.0 Å². The average molecular weight is 394 g/mol. The molecule has 0 radical (unpaired) electrons. The highest BCUT2D eigenvalue weighted by molar-refractivity contribution is 6.13. The maximum atomic E-state index is 13.3. The highest BCUT2D eigenvalue weighted by atomic mass is 19.4. The minimum Gasteiger partial charge on any atom is -0.487 e. The fourth-order valence-corrected chi connectivity index (χ4v) is 3.66. The number of hydrogen-bond donors (Lipinski definition) is 0. The Morgan fingerprint density at radius 3 is 2.55 bits per heavy atom. The van der Waals surface area contributed by atoms with Crippen LogP contribution in [-0.2, 0) is 12.8 Å². The lowest BCUT2D eigenvalue weighted by molar-refractivity contribution is -0.138. The molecule has 3 heterocycles. The second kappa shape index (κ2) is 6.20. The molecule has 0 saturated carbocycles. The van der Waals surface area contributed by atoms with Gasteiger partial charge in [0.2, 0.25) is 0 Å². The minimum absolute atomic E-state index is 0.000277. The van der Waals surface area contributed by atoms with Crippen LogP contribution in [0.1, 0.15) is 21.5 Å². The van der Waals surface area contributed by atoms with Gasteiger partial charge in [-0.25, -0.2) is 4.98 Å². The summed E-state index contributed by atoms with van der Waals surface area (Å²) in [5.74, 6) is -0.0614. The van der Waals surface area contributed by atoms with Gasteiger partial charge in [-0.05, 0) is 30.3 Å². The van der Waals surface area contributed by atoms with E-state index in [4.69, 9.17) is 4.74 Å². The summed E-state index contributed by atoms with van der Waals surface area (Å²) in [6.07, 6.45) is -2.86. The van der Waals surface area contributed by atoms with Crippen LogP contribution in [0.2, 0.25) is 0 Å². The lowest BCUT2D eigenvalue weighted by Crippen LogP contribution is -2.12. The highest BCUT2D eigenvalue weighted by Crippen LogP contribution is 2.41. The van der Waals surface area contributed by atoms with Gasteiger partial charge in [-0.3, -0.25) is 9.36 Å². The van der Waals surface area contributed by atoms with Crippen LogP contribution in [0.25, 0.3) is 22.3 Å². The Bertz CT molecular complexity index is 1270. The van der Waals surface area contributed by atoms with E-state index in [1.807, 2.05) is 0 Å². The van der Waals surface area contributed by atoms with Gasteiger partial charge in [0.1, 0.15) is 23.6 Å². The molecule has 0 saturated heterocycles. The summed E-state index contributed by atoms with van der Waals surface area (Å²) in [4.78, 5) is 17.5. The molecule has 1 aliphatic rings. The molecule has 0 amide bonds. The van der Waals surface area contributed by atoms with Gasteiger partial charge in [0, 0.05) is 17.1 Å². The first-order valence-electron chi connectivity index (χ1n) is 8.88. The molecule has 4 nitrogen and oxygen atoms in total. The van der Waals surface area contributed by atoms with Gasteiger partial charge in [-0.2, -0.15) is 13.2 Å². The van der Waals surface area contributed by atoms with Gasteiger partial charge < -0.3 is 4.74 Å². The Labute approximate surface area is 163 Å². The van der Waals surface area contributed by atoms with Gasteiger partial charge in [0.25, 0.3) is 5.91 Å². The first-order valence-corrected chi connectivity index (χ1v) is 8.88. The lowest BCUT2D eigenvalue weighted by atomic mass is 10.1. The Morgan fingerprint density at radius 1 is 0.966 bits per heavy atom. The van der Waals surface area contributed by atoms with Crippen LogP contribution in [0.3, 0.4) is 0 Å². The molecule has 0 bridgehead atoms. The number of para-hydroxylation sites is 1. The van der Waals surface area contributed by atoms with Crippen molar-refractivity contribution < 1.29 is 22.7 Å². The van der Waals surface area contributed by atoms with Crippen LogP contribution in [0.15, 0.2) is 66.9 Å². The molecule has 7 heteroatoms. The largest absolute Gasteiger partial charge is 0.487 e. The molecule has 5 rings (SSSR count). The topological polar surface area (TPSA) is 44.1 Å². The van der Waals surface area contributed by atoms with Crippen molar-refractivity contribution in [2.75, 3.05) is 0 Å². The first kappa shape index (κ1) is 17.5. The molecule has 0 fully saturated rings. The predicted octanol–water partition coefficient (Wildman–Crippen LogP) is 5.30. The standard InChI is InChI=1S/C22H13F3N2O2/c23-22(24,25)15-8-3-1-6-13(15)12-29-20-14-7-2-4-9-16(14)26-19-17-10-5-11-27(17)21(28)18(19)20/h1-11H,12H2. The molecule has 2 aromatic carbocycles. The molecule has 0 N–H and O–H groups in total. The number of rotatable bonds is 3. The number of carbonyl (C=O) groups is 1. The van der Waals surface area contributed by atoms with E-state index in [-0.39, 0.29) is 29.4 Å². The lowest BCUT2D eigenvalue weighted by Gasteiger charge is -2.16. The van der Waals surface area contributed by atoms with Gasteiger partial charge in [0.15, 0.2) is 0 Å². The summed E-state index contributed by atoms with van der Waals surface area (Å²) in [6, 6.07) is 15.9. The van der Waals surface area contributed by atoms with Crippen molar-refractivity contribution in [2.24, 2.45) is 0 Å². The molecule has 29 heavy (non-hydrogen) atoms. The van der Waals surface area contributed by atoms with Gasteiger partial charge in [-0.1, -0.05) is 30.3 Å². The molecule has 0 aliphatic carbocycles. The average Bonchev–Trinajstić information content (AvgIpc) is 3.28. The molecular formula is C22H13F3N2O2. The summed E-state index contributed by atoms with van der Waals surface area (Å²) >= 11 is 0. The van der Waals surface area contributed by atoms with E-state index in [0.717, 1.165) is 6.07 Å². The van der Waals surface area contributed by atoms with Crippen LogP contribution < -0.4 is 4.74 Å². The number of halogens is 3. The van der Waals surface area contributed by atoms with Crippen LogP contribution in [0.4, 0.5) is 13.2 Å². The number of fused-ring (bicyclic) bond motifs is 4. The Hall–Kier alpha value is -3.61. The van der Waals surface area contributed by atoms with Gasteiger partial charge in [-0.15, -0.1) is 0 Å². The molecule has 1 aliphatic heterocycles. The zero-order valence-corrected chi connectivity index (χ0v) is 14.9. The summed E-state index contributed by atoms with van der Waals surface area (Å²) in [6.45, 7) is -0.321. The number of benzene rings is 2. The molecule has 0 spiro atoms. The fraction of sp³-hybridized carbons (Fsp3) is 0.0909. The normalized spacial score (nSPS) is 12.9. The number of aromatic nitrogens is 2. The fourth-order valence-electron chi connectivity index (χ4n) is 3.66. The van der Waals surface area contributed by atoms with Crippen LogP contribution >= 0.6 is 0 Å². The molecule has 4 aromatic rings. The summed E-state index contributed by atoms with van der Waals surface area (Å²) in [5, 5.41) is 0.579. The van der Waals surface area contributed by atoms with Crippen LogP contribution in [0, 0.1) is 0 Å². The molecule has 144 valence electrons. The molecular weight excluding hydrogens is 381 g/mol. The zero-order valence-electron chi connectivity index (χ0n) is 14.9. The number of carbonyl (C=O) groups excluding carboxylic acids is 1.